The van der Waals surface area contributed by atoms with Crippen LogP contribution >= 0.6 is 0 Å². The van der Waals surface area contributed by atoms with Gasteiger partial charge in [-0.2, -0.15) is 5.10 Å². The van der Waals surface area contributed by atoms with Crippen molar-refractivity contribution in [3.63, 3.8) is 0 Å². The first kappa shape index (κ1) is 13.6. The molecule has 0 aromatic carbocycles. The third kappa shape index (κ3) is 1.80. The standard InChI is InChI=1S/C13H19BN2O4/c1-11(2)12(3,4)20-14(19-11)9-7-15-16(8-9)13(5-6-13)10(17)18/h7-8H,5-6H2,1-4H3,(H,17,18). The van der Waals surface area contributed by atoms with Crippen LogP contribution in [0.4, 0.5) is 0 Å². The highest BCUT2D eigenvalue weighted by Gasteiger charge is 2.55. The van der Waals surface area contributed by atoms with Gasteiger partial charge < -0.3 is 14.4 Å². The Labute approximate surface area is 118 Å². The molecule has 0 unspecified atom stereocenters. The van der Waals surface area contributed by atoms with E-state index in [9.17, 15) is 9.90 Å². The number of carboxylic acid groups (broad SMARTS) is 1. The fourth-order valence-electron chi connectivity index (χ4n) is 2.33. The predicted molar refractivity (Wildman–Crippen MR) is 72.8 cm³/mol. The van der Waals surface area contributed by atoms with Crippen LogP contribution in [0.15, 0.2) is 12.4 Å². The topological polar surface area (TPSA) is 73.6 Å². The van der Waals surface area contributed by atoms with Crippen molar-refractivity contribution in [3.05, 3.63) is 12.4 Å². The van der Waals surface area contributed by atoms with Crippen molar-refractivity contribution in [2.24, 2.45) is 0 Å². The number of carboxylic acids is 1. The predicted octanol–water partition coefficient (Wildman–Crippen LogP) is 0.756. The Morgan fingerprint density at radius 2 is 1.85 bits per heavy atom. The molecule has 2 aliphatic rings. The molecule has 20 heavy (non-hydrogen) atoms. The zero-order valence-electron chi connectivity index (χ0n) is 12.2. The third-order valence-corrected chi connectivity index (χ3v) is 4.69. The number of aromatic nitrogens is 2. The first-order valence-corrected chi connectivity index (χ1v) is 6.82. The van der Waals surface area contributed by atoms with Crippen molar-refractivity contribution in [2.45, 2.75) is 57.3 Å². The lowest BCUT2D eigenvalue weighted by atomic mass is 9.82. The maximum Gasteiger partial charge on any atom is 0.498 e. The first-order chi connectivity index (χ1) is 9.18. The molecule has 1 N–H and O–H groups in total. The van der Waals surface area contributed by atoms with Gasteiger partial charge in [-0.05, 0) is 40.5 Å². The largest absolute Gasteiger partial charge is 0.498 e. The average Bonchev–Trinajstić information content (AvgIpc) is 2.92. The van der Waals surface area contributed by atoms with Gasteiger partial charge in [-0.15, -0.1) is 0 Å². The van der Waals surface area contributed by atoms with Crippen molar-refractivity contribution < 1.29 is 19.2 Å². The summed E-state index contributed by atoms with van der Waals surface area (Å²) in [7, 11) is -0.502. The normalized spacial score (nSPS) is 25.7. The van der Waals surface area contributed by atoms with E-state index in [-0.39, 0.29) is 0 Å². The number of nitrogens with zero attached hydrogens (tertiary/aromatic N) is 2. The van der Waals surface area contributed by atoms with Gasteiger partial charge in [0.05, 0.1) is 11.2 Å². The van der Waals surface area contributed by atoms with Crippen molar-refractivity contribution in [2.75, 3.05) is 0 Å². The molecule has 1 saturated carbocycles. The molecule has 7 heteroatoms. The van der Waals surface area contributed by atoms with E-state index in [4.69, 9.17) is 9.31 Å². The van der Waals surface area contributed by atoms with E-state index in [1.54, 1.807) is 12.4 Å². The van der Waals surface area contributed by atoms with Crippen molar-refractivity contribution in [1.82, 2.24) is 9.78 Å². The van der Waals surface area contributed by atoms with Crippen LogP contribution in [0.3, 0.4) is 0 Å². The molecule has 0 bridgehead atoms. The van der Waals surface area contributed by atoms with Crippen LogP contribution in [-0.4, -0.2) is 39.2 Å². The highest BCUT2D eigenvalue weighted by Crippen LogP contribution is 2.43. The minimum Gasteiger partial charge on any atom is -0.479 e. The molecule has 2 fully saturated rings. The second kappa shape index (κ2) is 3.86. The molecule has 0 amide bonds. The van der Waals surface area contributed by atoms with Crippen LogP contribution in [-0.2, 0) is 19.6 Å². The molecule has 0 radical (unpaired) electrons. The zero-order valence-corrected chi connectivity index (χ0v) is 12.2. The molecule has 1 aromatic heterocycles. The van der Waals surface area contributed by atoms with Gasteiger partial charge in [0.1, 0.15) is 0 Å². The van der Waals surface area contributed by atoms with Crippen molar-refractivity contribution in [3.8, 4) is 0 Å². The van der Waals surface area contributed by atoms with Gasteiger partial charge in [-0.1, -0.05) is 0 Å². The van der Waals surface area contributed by atoms with Crippen LogP contribution < -0.4 is 5.46 Å². The summed E-state index contributed by atoms with van der Waals surface area (Å²) in [5.74, 6) is -0.832. The van der Waals surface area contributed by atoms with E-state index in [0.717, 1.165) is 5.46 Å². The van der Waals surface area contributed by atoms with Crippen LogP contribution in [0.2, 0.25) is 0 Å². The fourth-order valence-corrected chi connectivity index (χ4v) is 2.33. The lowest BCUT2D eigenvalue weighted by Gasteiger charge is -2.32. The molecule has 108 valence electrons. The van der Waals surface area contributed by atoms with Gasteiger partial charge in [0.15, 0.2) is 5.54 Å². The zero-order chi connectivity index (χ0) is 14.8. The van der Waals surface area contributed by atoms with Crippen LogP contribution in [0.1, 0.15) is 40.5 Å². The van der Waals surface area contributed by atoms with Gasteiger partial charge in [-0.3, -0.25) is 4.68 Å². The summed E-state index contributed by atoms with van der Waals surface area (Å²) in [6.45, 7) is 7.93. The molecule has 3 rings (SSSR count). The van der Waals surface area contributed by atoms with Crippen molar-refractivity contribution in [1.29, 1.82) is 0 Å². The Balaban J connectivity index is 1.84. The van der Waals surface area contributed by atoms with Crippen LogP contribution in [0, 0.1) is 0 Å². The highest BCUT2D eigenvalue weighted by atomic mass is 16.7. The summed E-state index contributed by atoms with van der Waals surface area (Å²) in [4.78, 5) is 11.3. The molecule has 0 atom stereocenters. The Hall–Kier alpha value is -1.34. The lowest BCUT2D eigenvalue weighted by molar-refractivity contribution is -0.142. The monoisotopic (exact) mass is 278 g/mol. The van der Waals surface area contributed by atoms with Gasteiger partial charge in [0.2, 0.25) is 0 Å². The van der Waals surface area contributed by atoms with E-state index in [1.807, 2.05) is 27.7 Å². The Bertz CT molecular complexity index is 546. The molecule has 1 aliphatic carbocycles. The Morgan fingerprint density at radius 3 is 2.30 bits per heavy atom. The second-order valence-electron chi connectivity index (χ2n) is 6.64. The van der Waals surface area contributed by atoms with E-state index in [2.05, 4.69) is 5.10 Å². The minimum absolute atomic E-state index is 0.413. The van der Waals surface area contributed by atoms with Gasteiger partial charge in [0.25, 0.3) is 0 Å². The van der Waals surface area contributed by atoms with E-state index in [0.29, 0.717) is 12.8 Å². The molecule has 2 heterocycles. The summed E-state index contributed by atoms with van der Waals surface area (Å²) in [6, 6.07) is 0. The maximum absolute atomic E-state index is 11.3. The maximum atomic E-state index is 11.3. The molecule has 0 spiro atoms. The summed E-state index contributed by atoms with van der Waals surface area (Å²) < 4.78 is 13.4. The number of rotatable bonds is 3. The Kier molecular flexibility index (Phi) is 2.63. The number of hydrogen-bond acceptors (Lipinski definition) is 4. The van der Waals surface area contributed by atoms with Gasteiger partial charge in [-0.25, -0.2) is 4.79 Å². The molecule has 1 saturated heterocycles. The molecule has 1 aromatic rings. The number of hydrogen-bond donors (Lipinski definition) is 1. The number of aliphatic carboxylic acids is 1. The lowest BCUT2D eigenvalue weighted by Crippen LogP contribution is -2.41. The number of carbonyl (C=O) groups is 1. The second-order valence-corrected chi connectivity index (χ2v) is 6.64. The van der Waals surface area contributed by atoms with Gasteiger partial charge >= 0.3 is 13.1 Å². The summed E-state index contributed by atoms with van der Waals surface area (Å²) in [6.07, 6.45) is 4.59. The minimum atomic E-state index is -0.859. The fraction of sp³-hybridized carbons (Fsp3) is 0.692. The average molecular weight is 278 g/mol. The SMILES string of the molecule is CC1(C)OB(c2cnn(C3(C(=O)O)CC3)c2)OC1(C)C. The third-order valence-electron chi connectivity index (χ3n) is 4.69. The molecule has 1 aliphatic heterocycles. The molecule has 6 nitrogen and oxygen atoms in total. The quantitative estimate of drug-likeness (QED) is 0.826. The summed E-state index contributed by atoms with van der Waals surface area (Å²) >= 11 is 0. The van der Waals surface area contributed by atoms with Crippen LogP contribution in [0.25, 0.3) is 0 Å². The van der Waals surface area contributed by atoms with E-state index < -0.39 is 29.8 Å². The summed E-state index contributed by atoms with van der Waals surface area (Å²) in [5.41, 5.74) is -0.925. The van der Waals surface area contributed by atoms with E-state index >= 15 is 0 Å². The Morgan fingerprint density at radius 1 is 1.30 bits per heavy atom. The van der Waals surface area contributed by atoms with Gasteiger partial charge in [0, 0.05) is 17.9 Å². The smallest absolute Gasteiger partial charge is 0.479 e. The highest BCUT2D eigenvalue weighted by molar-refractivity contribution is 6.62. The molecular formula is C13H19BN2O4. The van der Waals surface area contributed by atoms with E-state index in [1.165, 1.54) is 4.68 Å². The molecular weight excluding hydrogens is 259 g/mol. The van der Waals surface area contributed by atoms with Crippen LogP contribution in [0.5, 0.6) is 0 Å². The van der Waals surface area contributed by atoms with Crippen molar-refractivity contribution >= 4 is 18.6 Å². The summed E-state index contributed by atoms with van der Waals surface area (Å²) in [5, 5.41) is 13.5. The first-order valence-electron chi connectivity index (χ1n) is 6.82.